The number of aromatic amines is 1. The van der Waals surface area contributed by atoms with Crippen molar-refractivity contribution in [1.29, 1.82) is 0 Å². The number of anilines is 1. The Balaban J connectivity index is 1.79. The van der Waals surface area contributed by atoms with Crippen LogP contribution in [0.2, 0.25) is 0 Å². The Hall–Kier alpha value is -3.80. The maximum Gasteiger partial charge on any atom is 0.255 e. The third-order valence-corrected chi connectivity index (χ3v) is 4.24. The molecule has 0 aliphatic carbocycles. The van der Waals surface area contributed by atoms with Crippen LogP contribution in [0, 0.1) is 11.6 Å². The van der Waals surface area contributed by atoms with E-state index in [2.05, 4.69) is 15.5 Å². The second kappa shape index (κ2) is 7.44. The number of carbonyl (C=O) groups is 1. The molecule has 138 valence electrons. The van der Waals surface area contributed by atoms with Crippen LogP contribution in [0.4, 0.5) is 14.5 Å². The van der Waals surface area contributed by atoms with Gasteiger partial charge < -0.3 is 5.32 Å². The highest BCUT2D eigenvalue weighted by molar-refractivity contribution is 6.08. The maximum atomic E-state index is 13.5. The Bertz CT molecular complexity index is 1050. The fraction of sp³-hybridized carbons (Fsp3) is 0. The van der Waals surface area contributed by atoms with Crippen LogP contribution in [0.1, 0.15) is 10.4 Å². The summed E-state index contributed by atoms with van der Waals surface area (Å²) in [5.74, 6) is -2.26. The van der Waals surface area contributed by atoms with E-state index in [1.54, 1.807) is 0 Å². The number of halogens is 2. The fourth-order valence-corrected chi connectivity index (χ4v) is 2.95. The molecule has 0 radical (unpaired) electrons. The number of nitrogens with one attached hydrogen (secondary N) is 2. The summed E-state index contributed by atoms with van der Waals surface area (Å²) in [6.45, 7) is 0. The lowest BCUT2D eigenvalue weighted by Gasteiger charge is -2.09. The van der Waals surface area contributed by atoms with Gasteiger partial charge in [0.1, 0.15) is 17.3 Å². The lowest BCUT2D eigenvalue weighted by atomic mass is 10.1. The normalized spacial score (nSPS) is 10.6. The molecule has 4 rings (SSSR count). The SMILES string of the molecule is O=C(Nc1c(-c2ccccc2)n[nH]c1-c1ccccc1)c1cc(F)cc(F)c1. The molecule has 0 fully saturated rings. The number of benzene rings is 3. The Morgan fingerprint density at radius 1 is 0.821 bits per heavy atom. The second-order valence-electron chi connectivity index (χ2n) is 6.17. The van der Waals surface area contributed by atoms with E-state index in [0.29, 0.717) is 17.1 Å². The van der Waals surface area contributed by atoms with Crippen molar-refractivity contribution < 1.29 is 13.6 Å². The average Bonchev–Trinajstić information content (AvgIpc) is 3.12. The summed E-state index contributed by atoms with van der Waals surface area (Å²) >= 11 is 0. The molecule has 1 amide bonds. The van der Waals surface area contributed by atoms with Crippen LogP contribution >= 0.6 is 0 Å². The molecule has 1 heterocycles. The van der Waals surface area contributed by atoms with Crippen LogP contribution in [-0.2, 0) is 0 Å². The first-order valence-corrected chi connectivity index (χ1v) is 8.58. The lowest BCUT2D eigenvalue weighted by Crippen LogP contribution is -2.13. The predicted octanol–water partition coefficient (Wildman–Crippen LogP) is 5.27. The van der Waals surface area contributed by atoms with Gasteiger partial charge in [-0.1, -0.05) is 60.7 Å². The van der Waals surface area contributed by atoms with Crippen molar-refractivity contribution in [2.75, 3.05) is 5.32 Å². The van der Waals surface area contributed by atoms with Crippen LogP contribution in [-0.4, -0.2) is 16.1 Å². The van der Waals surface area contributed by atoms with Gasteiger partial charge in [0.25, 0.3) is 5.91 Å². The molecule has 2 N–H and O–H groups in total. The van der Waals surface area contributed by atoms with Crippen molar-refractivity contribution in [1.82, 2.24) is 10.2 Å². The number of carbonyl (C=O) groups excluding carboxylic acids is 1. The molecule has 0 unspecified atom stereocenters. The summed E-state index contributed by atoms with van der Waals surface area (Å²) in [6, 6.07) is 21.4. The molecule has 6 heteroatoms. The number of rotatable bonds is 4. The summed E-state index contributed by atoms with van der Waals surface area (Å²) in [4.78, 5) is 12.7. The van der Waals surface area contributed by atoms with Crippen molar-refractivity contribution in [3.8, 4) is 22.5 Å². The molecule has 1 aromatic heterocycles. The van der Waals surface area contributed by atoms with Gasteiger partial charge in [0.05, 0.1) is 11.4 Å². The summed E-state index contributed by atoms with van der Waals surface area (Å²) in [7, 11) is 0. The van der Waals surface area contributed by atoms with Crippen molar-refractivity contribution in [2.45, 2.75) is 0 Å². The molecule has 0 spiro atoms. The molecular formula is C22H15F2N3O. The summed E-state index contributed by atoms with van der Waals surface area (Å²) in [5.41, 5.74) is 3.07. The van der Waals surface area contributed by atoms with E-state index in [0.717, 1.165) is 29.3 Å². The van der Waals surface area contributed by atoms with Crippen molar-refractivity contribution in [3.63, 3.8) is 0 Å². The standard InChI is InChI=1S/C22H15F2N3O/c23-17-11-16(12-18(24)13-17)22(28)25-21-19(14-7-3-1-4-8-14)26-27-20(21)15-9-5-2-6-10-15/h1-13H,(H,25,28)(H,26,27). The number of nitrogens with zero attached hydrogens (tertiary/aromatic N) is 1. The molecule has 0 aliphatic rings. The first-order chi connectivity index (χ1) is 13.6. The summed E-state index contributed by atoms with van der Waals surface area (Å²) in [5, 5.41) is 10.1. The zero-order valence-electron chi connectivity index (χ0n) is 14.6. The second-order valence-corrected chi connectivity index (χ2v) is 6.17. The maximum absolute atomic E-state index is 13.5. The summed E-state index contributed by atoms with van der Waals surface area (Å²) < 4.78 is 27.0. The van der Waals surface area contributed by atoms with Crippen molar-refractivity contribution in [2.24, 2.45) is 0 Å². The Morgan fingerprint density at radius 3 is 2.00 bits per heavy atom. The zero-order valence-corrected chi connectivity index (χ0v) is 14.6. The fourth-order valence-electron chi connectivity index (χ4n) is 2.95. The first kappa shape index (κ1) is 17.6. The number of amides is 1. The van der Waals surface area contributed by atoms with E-state index in [4.69, 9.17) is 0 Å². The van der Waals surface area contributed by atoms with E-state index in [9.17, 15) is 13.6 Å². The molecule has 4 nitrogen and oxygen atoms in total. The molecule has 0 saturated carbocycles. The van der Waals surface area contributed by atoms with E-state index >= 15 is 0 Å². The first-order valence-electron chi connectivity index (χ1n) is 8.58. The third kappa shape index (κ3) is 3.53. The molecule has 28 heavy (non-hydrogen) atoms. The van der Waals surface area contributed by atoms with Gasteiger partial charge in [0, 0.05) is 22.8 Å². The van der Waals surface area contributed by atoms with Gasteiger partial charge >= 0.3 is 0 Å². The van der Waals surface area contributed by atoms with Gasteiger partial charge in [0.2, 0.25) is 0 Å². The molecule has 4 aromatic rings. The molecule has 3 aromatic carbocycles. The number of hydrogen-bond donors (Lipinski definition) is 2. The van der Waals surface area contributed by atoms with Crippen molar-refractivity contribution >= 4 is 11.6 Å². The van der Waals surface area contributed by atoms with E-state index in [-0.39, 0.29) is 5.56 Å². The van der Waals surface area contributed by atoms with E-state index in [1.165, 1.54) is 0 Å². The van der Waals surface area contributed by atoms with Gasteiger partial charge in [-0.25, -0.2) is 8.78 Å². The number of hydrogen-bond acceptors (Lipinski definition) is 2. The van der Waals surface area contributed by atoms with Gasteiger partial charge in [-0.3, -0.25) is 9.89 Å². The minimum absolute atomic E-state index is 0.114. The third-order valence-electron chi connectivity index (χ3n) is 4.24. The van der Waals surface area contributed by atoms with Crippen LogP contribution in [0.25, 0.3) is 22.5 Å². The topological polar surface area (TPSA) is 57.8 Å². The van der Waals surface area contributed by atoms with Gasteiger partial charge in [-0.05, 0) is 12.1 Å². The van der Waals surface area contributed by atoms with Crippen LogP contribution in [0.3, 0.4) is 0 Å². The molecule has 0 aliphatic heterocycles. The molecule has 0 atom stereocenters. The smallest absolute Gasteiger partial charge is 0.255 e. The zero-order chi connectivity index (χ0) is 19.5. The molecular weight excluding hydrogens is 360 g/mol. The van der Waals surface area contributed by atoms with E-state index < -0.39 is 17.5 Å². The molecule has 0 saturated heterocycles. The van der Waals surface area contributed by atoms with Crippen molar-refractivity contribution in [3.05, 3.63) is 96.1 Å². The quantitative estimate of drug-likeness (QED) is 0.510. The lowest BCUT2D eigenvalue weighted by molar-refractivity contribution is 0.102. The highest BCUT2D eigenvalue weighted by atomic mass is 19.1. The predicted molar refractivity (Wildman–Crippen MR) is 104 cm³/mol. The van der Waals surface area contributed by atoms with Gasteiger partial charge in [0.15, 0.2) is 0 Å². The summed E-state index contributed by atoms with van der Waals surface area (Å²) in [6.07, 6.45) is 0. The van der Waals surface area contributed by atoms with E-state index in [1.807, 2.05) is 60.7 Å². The van der Waals surface area contributed by atoms with Crippen LogP contribution in [0.5, 0.6) is 0 Å². The Labute approximate surface area is 159 Å². The van der Waals surface area contributed by atoms with Gasteiger partial charge in [-0.15, -0.1) is 0 Å². The highest BCUT2D eigenvalue weighted by Crippen LogP contribution is 2.35. The number of aromatic nitrogens is 2. The monoisotopic (exact) mass is 375 g/mol. The average molecular weight is 375 g/mol. The highest BCUT2D eigenvalue weighted by Gasteiger charge is 2.19. The van der Waals surface area contributed by atoms with Gasteiger partial charge in [-0.2, -0.15) is 5.10 Å². The molecule has 0 bridgehead atoms. The minimum atomic E-state index is -0.816. The van der Waals surface area contributed by atoms with Crippen LogP contribution in [0.15, 0.2) is 78.9 Å². The largest absolute Gasteiger partial charge is 0.318 e. The minimum Gasteiger partial charge on any atom is -0.318 e. The Morgan fingerprint density at radius 2 is 1.39 bits per heavy atom. The number of H-pyrrole nitrogens is 1. The van der Waals surface area contributed by atoms with Crippen LogP contribution < -0.4 is 5.32 Å². The Kier molecular flexibility index (Phi) is 4.68.